The number of fused-ring (bicyclic) bond motifs is 2. The number of aliphatic imine (C=N–C) groups is 1. The zero-order valence-corrected chi connectivity index (χ0v) is 39.1. The standard InChI is InChI=1S/C54H48N6O7S2/c1-66-58-69-34-43(55-53(69)57-54(40-21-11-4-12-22-40,41-23-13-5-14-24-41)42-25-15-6-16-26-42)29-46(63)56-47-50(64)60-48(52(65)67-49(35-17-7-2-8-18-35)36-19-9-3-10-20-36)39(33-68-51(47)60)32-59-30-37-27-44(61)45(62)28-38(37)31-59/h2-28,34,47,49,51,61-62H,29-33H2,1H3,(H,55,57)(H,56,63). The Balaban J connectivity index is 0.909. The van der Waals surface area contributed by atoms with Crippen LogP contribution in [0.25, 0.3) is 0 Å². The molecule has 0 saturated carbocycles. The number of carbonyl (C=O) groups is 3. The van der Waals surface area contributed by atoms with Crippen LogP contribution in [-0.2, 0) is 53.3 Å². The van der Waals surface area contributed by atoms with Crippen molar-refractivity contribution in [2.24, 2.45) is 9.52 Å². The van der Waals surface area contributed by atoms with Crippen LogP contribution in [0.2, 0.25) is 0 Å². The lowest BCUT2D eigenvalue weighted by Crippen LogP contribution is -2.70. The van der Waals surface area contributed by atoms with Gasteiger partial charge in [-0.1, -0.05) is 156 Å². The number of amides is 2. The zero-order valence-electron chi connectivity index (χ0n) is 37.5. The SMILES string of the molecule is CO/N=S1\C=C(CC(=O)NC2C(=O)N3C(C(=O)OC(c4ccccc4)c4ccccc4)=C(CN4Cc5cc(O)c(O)cc5C4)CSC23)NC1=NC(c1ccccc1)(c1ccccc1)c1ccccc1. The third-order valence-corrected chi connectivity index (χ3v) is 15.3. The first-order valence-electron chi connectivity index (χ1n) is 22.4. The highest BCUT2D eigenvalue weighted by Crippen LogP contribution is 2.44. The Morgan fingerprint density at radius 2 is 1.30 bits per heavy atom. The molecule has 4 heterocycles. The number of β-lactam (4-membered cyclic amide) rings is 1. The number of amidine groups is 1. The summed E-state index contributed by atoms with van der Waals surface area (Å²) >= 11 is 1.47. The van der Waals surface area contributed by atoms with Crippen molar-refractivity contribution >= 4 is 45.4 Å². The molecule has 13 nitrogen and oxygen atoms in total. The molecule has 6 aromatic rings. The largest absolute Gasteiger partial charge is 0.504 e. The number of nitrogens with zero attached hydrogens (tertiary/aromatic N) is 4. The molecule has 1 saturated heterocycles. The van der Waals surface area contributed by atoms with Gasteiger partial charge >= 0.3 is 5.97 Å². The molecule has 0 spiro atoms. The number of nitrogens with one attached hydrogen (secondary N) is 2. The number of benzene rings is 6. The van der Waals surface area contributed by atoms with Gasteiger partial charge in [-0.15, -0.1) is 11.8 Å². The number of phenols is 2. The number of ether oxygens (including phenoxy) is 1. The van der Waals surface area contributed by atoms with Crippen LogP contribution >= 0.6 is 11.8 Å². The summed E-state index contributed by atoms with van der Waals surface area (Å²) in [5.41, 5.74) is 6.47. The van der Waals surface area contributed by atoms with Crippen molar-refractivity contribution in [3.63, 3.8) is 0 Å². The van der Waals surface area contributed by atoms with Gasteiger partial charge in [-0.3, -0.25) is 19.4 Å². The fraction of sp³-hybridized carbons (Fsp3) is 0.185. The summed E-state index contributed by atoms with van der Waals surface area (Å²) in [6, 6.07) is 51.2. The van der Waals surface area contributed by atoms with Crippen LogP contribution in [0, 0.1) is 0 Å². The number of aromatic hydroxyl groups is 2. The number of thioether (sulfide) groups is 1. The van der Waals surface area contributed by atoms with Crippen molar-refractivity contribution in [2.45, 2.75) is 42.6 Å². The van der Waals surface area contributed by atoms with Crippen molar-refractivity contribution in [3.05, 3.63) is 225 Å². The number of phenolic OH excluding ortho intramolecular Hbond substituents is 2. The highest BCUT2D eigenvalue weighted by atomic mass is 32.2. The highest BCUT2D eigenvalue weighted by molar-refractivity contribution is 8.05. The Bertz CT molecular complexity index is 2860. The third-order valence-electron chi connectivity index (χ3n) is 12.6. The van der Waals surface area contributed by atoms with E-state index in [9.17, 15) is 24.6 Å². The molecule has 4 N–H and O–H groups in total. The molecule has 348 valence electrons. The van der Waals surface area contributed by atoms with E-state index in [2.05, 4.69) is 20.1 Å². The predicted molar refractivity (Wildman–Crippen MR) is 266 cm³/mol. The number of carbonyl (C=O) groups excluding carboxylic acids is 3. The topological polar surface area (TPSA) is 165 Å². The highest BCUT2D eigenvalue weighted by Gasteiger charge is 2.55. The van der Waals surface area contributed by atoms with Crippen molar-refractivity contribution in [3.8, 4) is 11.5 Å². The van der Waals surface area contributed by atoms with Gasteiger partial charge in [0.2, 0.25) is 5.91 Å². The van der Waals surface area contributed by atoms with Gasteiger partial charge in [0.1, 0.15) is 22.7 Å². The van der Waals surface area contributed by atoms with Gasteiger partial charge in [0.25, 0.3) is 5.91 Å². The van der Waals surface area contributed by atoms with E-state index >= 15 is 0 Å². The maximum atomic E-state index is 14.7. The van der Waals surface area contributed by atoms with Crippen molar-refractivity contribution in [2.75, 3.05) is 19.4 Å². The molecule has 4 aliphatic rings. The fourth-order valence-corrected chi connectivity index (χ4v) is 12.0. The monoisotopic (exact) mass is 956 g/mol. The zero-order chi connectivity index (χ0) is 47.5. The Hall–Kier alpha value is -7.30. The second-order valence-corrected chi connectivity index (χ2v) is 19.5. The molecule has 0 aromatic heterocycles. The number of hydrogen-bond acceptors (Lipinski definition) is 11. The minimum absolute atomic E-state index is 0.107. The van der Waals surface area contributed by atoms with Crippen LogP contribution in [-0.4, -0.2) is 73.8 Å². The summed E-state index contributed by atoms with van der Waals surface area (Å²) in [4.78, 5) is 57.6. The maximum absolute atomic E-state index is 14.7. The van der Waals surface area contributed by atoms with E-state index in [-0.39, 0.29) is 23.6 Å². The lowest BCUT2D eigenvalue weighted by Gasteiger charge is -2.50. The first-order valence-corrected chi connectivity index (χ1v) is 24.7. The van der Waals surface area contributed by atoms with E-state index in [4.69, 9.17) is 14.6 Å². The summed E-state index contributed by atoms with van der Waals surface area (Å²) in [5, 5.41) is 28.6. The average molecular weight is 957 g/mol. The first kappa shape index (κ1) is 45.5. The van der Waals surface area contributed by atoms with Crippen molar-refractivity contribution < 1.29 is 34.2 Å². The van der Waals surface area contributed by atoms with Crippen molar-refractivity contribution in [1.29, 1.82) is 0 Å². The lowest BCUT2D eigenvalue weighted by atomic mass is 9.77. The number of hydrogen-bond donors (Lipinski definition) is 4. The van der Waals surface area contributed by atoms with E-state index in [1.807, 2.05) is 157 Å². The molecule has 1 fully saturated rings. The molecule has 15 heteroatoms. The molecule has 0 bridgehead atoms. The molecule has 3 atom stereocenters. The second kappa shape index (κ2) is 19.7. The van der Waals surface area contributed by atoms with Gasteiger partial charge in [-0.2, -0.15) is 0 Å². The molecule has 69 heavy (non-hydrogen) atoms. The smallest absolute Gasteiger partial charge is 0.356 e. The van der Waals surface area contributed by atoms with Crippen LogP contribution in [0.5, 0.6) is 11.5 Å². The van der Waals surface area contributed by atoms with Gasteiger partial charge < -0.3 is 25.6 Å². The molecule has 10 rings (SSSR count). The van der Waals surface area contributed by atoms with Crippen LogP contribution in [0.15, 0.2) is 196 Å². The molecular formula is C54H48N6O7S2. The molecule has 0 radical (unpaired) electrons. The molecule has 0 aliphatic carbocycles. The van der Waals surface area contributed by atoms with E-state index < -0.39 is 51.5 Å². The molecule has 3 unspecified atom stereocenters. The van der Waals surface area contributed by atoms with E-state index in [1.54, 1.807) is 12.1 Å². The molecule has 2 amide bonds. The Labute approximate surface area is 406 Å². The molecule has 4 aliphatic heterocycles. The number of rotatable bonds is 14. The van der Waals surface area contributed by atoms with Gasteiger partial charge in [0.15, 0.2) is 22.8 Å². The Morgan fingerprint density at radius 3 is 1.81 bits per heavy atom. The second-order valence-electron chi connectivity index (χ2n) is 17.0. The predicted octanol–water partition coefficient (Wildman–Crippen LogP) is 7.95. The normalized spacial score (nSPS) is 19.5. The van der Waals surface area contributed by atoms with Gasteiger partial charge in [-0.05, 0) is 56.6 Å². The Kier molecular flexibility index (Phi) is 13.0. The number of esters is 1. The average Bonchev–Trinajstić information content (AvgIpc) is 3.96. The molecule has 6 aromatic carbocycles. The van der Waals surface area contributed by atoms with Crippen LogP contribution in [0.3, 0.4) is 0 Å². The molecular weight excluding hydrogens is 909 g/mol. The lowest BCUT2D eigenvalue weighted by molar-refractivity contribution is -0.154. The maximum Gasteiger partial charge on any atom is 0.356 e. The summed E-state index contributed by atoms with van der Waals surface area (Å²) in [6.45, 7) is 1.25. The Morgan fingerprint density at radius 1 is 0.797 bits per heavy atom. The summed E-state index contributed by atoms with van der Waals surface area (Å²) < 4.78 is 10.8. The van der Waals surface area contributed by atoms with E-state index in [0.717, 1.165) is 38.9 Å². The minimum atomic E-state index is -1.02. The van der Waals surface area contributed by atoms with Gasteiger partial charge in [0.05, 0.1) is 13.5 Å². The summed E-state index contributed by atoms with van der Waals surface area (Å²) in [5.74, 6) is -1.49. The minimum Gasteiger partial charge on any atom is -0.504 e. The van der Waals surface area contributed by atoms with E-state index in [0.29, 0.717) is 41.8 Å². The first-order chi connectivity index (χ1) is 33.7. The quantitative estimate of drug-likeness (QED) is 0.0277. The van der Waals surface area contributed by atoms with Gasteiger partial charge in [-0.25, -0.2) is 14.6 Å². The van der Waals surface area contributed by atoms with E-state index in [1.165, 1.54) is 23.8 Å². The van der Waals surface area contributed by atoms with Crippen molar-refractivity contribution in [1.82, 2.24) is 20.4 Å². The van der Waals surface area contributed by atoms with Crippen LogP contribution < -0.4 is 10.6 Å². The summed E-state index contributed by atoms with van der Waals surface area (Å²) in [6.07, 6.45) is -0.867. The van der Waals surface area contributed by atoms with Crippen LogP contribution in [0.1, 0.15) is 51.5 Å². The fourth-order valence-electron chi connectivity index (χ4n) is 9.41. The third kappa shape index (κ3) is 9.09. The summed E-state index contributed by atoms with van der Waals surface area (Å²) in [7, 11) is 0.455. The van der Waals surface area contributed by atoms with Gasteiger partial charge in [0, 0.05) is 47.2 Å². The van der Waals surface area contributed by atoms with Crippen LogP contribution in [0.4, 0.5) is 0 Å².